The topological polar surface area (TPSA) is 44.9 Å². The number of benzene rings is 2. The van der Waals surface area contributed by atoms with Crippen molar-refractivity contribution in [1.82, 2.24) is 10.3 Å². The number of hydrogen-bond donors (Lipinski definition) is 2. The number of carbonyl (C=O) groups excluding carboxylic acids is 1. The molecule has 0 unspecified atom stereocenters. The van der Waals surface area contributed by atoms with E-state index in [4.69, 9.17) is 0 Å². The number of H-pyrrole nitrogens is 1. The molecule has 122 valence electrons. The summed E-state index contributed by atoms with van der Waals surface area (Å²) in [5.74, 6) is 0.149. The summed E-state index contributed by atoms with van der Waals surface area (Å²) in [5.41, 5.74) is 4.54. The minimum atomic E-state index is -0.208. The Morgan fingerprint density at radius 3 is 2.88 bits per heavy atom. The molecular weight excluding hydrogens is 296 g/mol. The average molecular weight is 318 g/mol. The third-order valence-electron chi connectivity index (χ3n) is 5.07. The van der Waals surface area contributed by atoms with E-state index < -0.39 is 0 Å². The first-order valence-electron chi connectivity index (χ1n) is 8.68. The van der Waals surface area contributed by atoms with Gasteiger partial charge in [-0.3, -0.25) is 4.79 Å². The smallest absolute Gasteiger partial charge is 0.181 e. The van der Waals surface area contributed by atoms with Crippen molar-refractivity contribution in [3.8, 4) is 0 Å². The molecule has 3 nitrogen and oxygen atoms in total. The molecule has 0 amide bonds. The van der Waals surface area contributed by atoms with Crippen LogP contribution in [0.25, 0.3) is 10.9 Å². The Morgan fingerprint density at radius 1 is 1.17 bits per heavy atom. The first-order chi connectivity index (χ1) is 11.7. The maximum Gasteiger partial charge on any atom is 0.181 e. The molecule has 0 bridgehead atoms. The SMILES string of the molecule is C[C@@H](N[C@@H]1CCCc2ccccc21)C(=O)c1c[nH]c2ccccc12. The molecule has 2 atom stereocenters. The summed E-state index contributed by atoms with van der Waals surface area (Å²) < 4.78 is 0. The molecule has 1 heterocycles. The molecule has 0 radical (unpaired) electrons. The van der Waals surface area contributed by atoms with Crippen molar-refractivity contribution in [2.75, 3.05) is 0 Å². The molecule has 4 rings (SSSR count). The number of rotatable bonds is 4. The minimum Gasteiger partial charge on any atom is -0.360 e. The van der Waals surface area contributed by atoms with E-state index in [0.29, 0.717) is 0 Å². The molecule has 0 saturated heterocycles. The molecule has 0 spiro atoms. The van der Waals surface area contributed by atoms with Crippen molar-refractivity contribution >= 4 is 16.7 Å². The van der Waals surface area contributed by atoms with Crippen molar-refractivity contribution in [2.24, 2.45) is 0 Å². The van der Waals surface area contributed by atoms with Gasteiger partial charge in [0.1, 0.15) is 0 Å². The molecule has 3 aromatic rings. The summed E-state index contributed by atoms with van der Waals surface area (Å²) >= 11 is 0. The molecule has 2 aromatic carbocycles. The van der Waals surface area contributed by atoms with Crippen LogP contribution in [0.5, 0.6) is 0 Å². The second kappa shape index (κ2) is 6.25. The summed E-state index contributed by atoms with van der Waals surface area (Å²) in [4.78, 5) is 16.1. The summed E-state index contributed by atoms with van der Waals surface area (Å²) in [5, 5.41) is 4.56. The lowest BCUT2D eigenvalue weighted by Gasteiger charge is -2.28. The zero-order valence-corrected chi connectivity index (χ0v) is 13.9. The Kier molecular flexibility index (Phi) is 3.95. The second-order valence-corrected chi connectivity index (χ2v) is 6.64. The van der Waals surface area contributed by atoms with Crippen molar-refractivity contribution in [3.05, 3.63) is 71.4 Å². The fourth-order valence-electron chi connectivity index (χ4n) is 3.81. The van der Waals surface area contributed by atoms with E-state index >= 15 is 0 Å². The molecule has 3 heteroatoms. The lowest BCUT2D eigenvalue weighted by Crippen LogP contribution is -2.38. The molecular formula is C21H22N2O. The number of aryl methyl sites for hydroxylation is 1. The lowest BCUT2D eigenvalue weighted by molar-refractivity contribution is 0.0944. The molecule has 1 aliphatic carbocycles. The standard InChI is InChI=1S/C21H22N2O/c1-14(21(24)18-13-22-19-11-5-4-10-17(18)19)23-20-12-6-8-15-7-2-3-9-16(15)20/h2-5,7,9-11,13-14,20,22-23H,6,8,12H2,1H3/t14-,20-/m1/s1. The number of carbonyl (C=O) groups is 1. The molecule has 1 aromatic heterocycles. The quantitative estimate of drug-likeness (QED) is 0.700. The van der Waals surface area contributed by atoms with Crippen LogP contribution in [0.1, 0.15) is 47.3 Å². The predicted octanol–water partition coefficient (Wildman–Crippen LogP) is 4.41. The van der Waals surface area contributed by atoms with Gasteiger partial charge in [-0.25, -0.2) is 0 Å². The molecule has 0 aliphatic heterocycles. The van der Waals surface area contributed by atoms with E-state index in [2.05, 4.69) is 34.6 Å². The Bertz CT molecular complexity index is 880. The highest BCUT2D eigenvalue weighted by atomic mass is 16.1. The van der Waals surface area contributed by atoms with Crippen LogP contribution < -0.4 is 5.32 Å². The van der Waals surface area contributed by atoms with E-state index in [1.54, 1.807) is 0 Å². The van der Waals surface area contributed by atoms with E-state index in [9.17, 15) is 4.79 Å². The third-order valence-corrected chi connectivity index (χ3v) is 5.07. The highest BCUT2D eigenvalue weighted by molar-refractivity contribution is 6.10. The van der Waals surface area contributed by atoms with Gasteiger partial charge < -0.3 is 10.3 Å². The Labute approximate surface area is 142 Å². The Morgan fingerprint density at radius 2 is 1.96 bits per heavy atom. The van der Waals surface area contributed by atoms with E-state index in [1.807, 2.05) is 37.4 Å². The van der Waals surface area contributed by atoms with Gasteiger partial charge in [0, 0.05) is 28.7 Å². The highest BCUT2D eigenvalue weighted by Crippen LogP contribution is 2.30. The number of ketones is 1. The summed E-state index contributed by atoms with van der Waals surface area (Å²) in [6.07, 6.45) is 5.23. The fraction of sp³-hybridized carbons (Fsp3) is 0.286. The Balaban J connectivity index is 1.57. The fourth-order valence-corrected chi connectivity index (χ4v) is 3.81. The van der Waals surface area contributed by atoms with Gasteiger partial charge in [-0.1, -0.05) is 42.5 Å². The van der Waals surface area contributed by atoms with Crippen LogP contribution in [0.15, 0.2) is 54.7 Å². The zero-order valence-electron chi connectivity index (χ0n) is 13.9. The van der Waals surface area contributed by atoms with Crippen LogP contribution in [0, 0.1) is 0 Å². The zero-order chi connectivity index (χ0) is 16.5. The van der Waals surface area contributed by atoms with Gasteiger partial charge in [-0.2, -0.15) is 0 Å². The summed E-state index contributed by atoms with van der Waals surface area (Å²) in [7, 11) is 0. The molecule has 1 aliphatic rings. The van der Waals surface area contributed by atoms with Gasteiger partial charge in [0.25, 0.3) is 0 Å². The van der Waals surface area contributed by atoms with Gasteiger partial charge in [0.15, 0.2) is 5.78 Å². The number of nitrogens with one attached hydrogen (secondary N) is 2. The van der Waals surface area contributed by atoms with Crippen LogP contribution >= 0.6 is 0 Å². The first kappa shape index (κ1) is 15.2. The van der Waals surface area contributed by atoms with Gasteiger partial charge in [-0.05, 0) is 43.4 Å². The van der Waals surface area contributed by atoms with Gasteiger partial charge in [0.05, 0.1) is 6.04 Å². The molecule has 0 fully saturated rings. The highest BCUT2D eigenvalue weighted by Gasteiger charge is 2.25. The van der Waals surface area contributed by atoms with Crippen molar-refractivity contribution in [2.45, 2.75) is 38.3 Å². The normalized spacial score (nSPS) is 18.3. The molecule has 0 saturated carbocycles. The average Bonchev–Trinajstić information content (AvgIpc) is 3.05. The van der Waals surface area contributed by atoms with Crippen LogP contribution in [0.4, 0.5) is 0 Å². The number of Topliss-reactive ketones (excluding diaryl/α,β-unsaturated/α-hetero) is 1. The van der Waals surface area contributed by atoms with Gasteiger partial charge in [-0.15, -0.1) is 0 Å². The van der Waals surface area contributed by atoms with Crippen LogP contribution in [-0.2, 0) is 6.42 Å². The van der Waals surface area contributed by atoms with E-state index in [1.165, 1.54) is 17.5 Å². The van der Waals surface area contributed by atoms with E-state index in [0.717, 1.165) is 29.3 Å². The summed E-state index contributed by atoms with van der Waals surface area (Å²) in [6.45, 7) is 1.97. The number of aromatic nitrogens is 1. The number of aromatic amines is 1. The Hall–Kier alpha value is -2.39. The minimum absolute atomic E-state index is 0.149. The predicted molar refractivity (Wildman–Crippen MR) is 97.3 cm³/mol. The van der Waals surface area contributed by atoms with Gasteiger partial charge >= 0.3 is 0 Å². The van der Waals surface area contributed by atoms with Gasteiger partial charge in [0.2, 0.25) is 0 Å². The van der Waals surface area contributed by atoms with Crippen LogP contribution in [-0.4, -0.2) is 16.8 Å². The van der Waals surface area contributed by atoms with E-state index in [-0.39, 0.29) is 17.9 Å². The molecule has 2 N–H and O–H groups in total. The van der Waals surface area contributed by atoms with Crippen molar-refractivity contribution < 1.29 is 4.79 Å². The number of para-hydroxylation sites is 1. The maximum absolute atomic E-state index is 12.9. The van der Waals surface area contributed by atoms with Crippen LogP contribution in [0.2, 0.25) is 0 Å². The number of fused-ring (bicyclic) bond motifs is 2. The maximum atomic E-state index is 12.9. The summed E-state index contributed by atoms with van der Waals surface area (Å²) in [6, 6.07) is 16.6. The lowest BCUT2D eigenvalue weighted by atomic mass is 9.87. The largest absolute Gasteiger partial charge is 0.360 e. The first-order valence-corrected chi connectivity index (χ1v) is 8.68. The monoisotopic (exact) mass is 318 g/mol. The van der Waals surface area contributed by atoms with Crippen molar-refractivity contribution in [1.29, 1.82) is 0 Å². The van der Waals surface area contributed by atoms with Crippen molar-refractivity contribution in [3.63, 3.8) is 0 Å². The third kappa shape index (κ3) is 2.65. The molecule has 24 heavy (non-hydrogen) atoms. The van der Waals surface area contributed by atoms with Crippen LogP contribution in [0.3, 0.4) is 0 Å². The second-order valence-electron chi connectivity index (χ2n) is 6.64. The number of hydrogen-bond acceptors (Lipinski definition) is 2.